The summed E-state index contributed by atoms with van der Waals surface area (Å²) < 4.78 is 5.13. The molecule has 0 spiro atoms. The van der Waals surface area contributed by atoms with Gasteiger partial charge in [-0.3, -0.25) is 0 Å². The van der Waals surface area contributed by atoms with E-state index in [1.54, 1.807) is 0 Å². The van der Waals surface area contributed by atoms with Gasteiger partial charge in [0, 0.05) is 0 Å². The van der Waals surface area contributed by atoms with Crippen LogP contribution in [0.2, 0.25) is 0 Å². The van der Waals surface area contributed by atoms with Gasteiger partial charge in [-0.15, -0.1) is 0 Å². The second-order valence-corrected chi connectivity index (χ2v) is 2.42. The van der Waals surface area contributed by atoms with Gasteiger partial charge in [0.15, 0.2) is 0 Å². The van der Waals surface area contributed by atoms with Crippen LogP contribution in [0.5, 0.6) is 0 Å². The highest BCUT2D eigenvalue weighted by Gasteiger charge is 2.31. The van der Waals surface area contributed by atoms with Gasteiger partial charge < -0.3 is 9.94 Å². The van der Waals surface area contributed by atoms with Crippen LogP contribution in [0, 0.1) is 0 Å². The Morgan fingerprint density at radius 2 is 2.25 bits per heavy atom. The summed E-state index contributed by atoms with van der Waals surface area (Å²) in [5.74, 6) is 0. The molecular weight excluding hydrogens is 106 g/mol. The van der Waals surface area contributed by atoms with E-state index < -0.39 is 5.72 Å². The van der Waals surface area contributed by atoms with Crippen LogP contribution in [0.15, 0.2) is 0 Å². The molecule has 0 atom stereocenters. The lowest BCUT2D eigenvalue weighted by molar-refractivity contribution is -0.204. The molecule has 0 amide bonds. The van der Waals surface area contributed by atoms with Gasteiger partial charge >= 0.3 is 0 Å². The predicted molar refractivity (Wildman–Crippen MR) is 28.5 cm³/mol. The Bertz CT molecular complexity index is 92.4. The summed E-state index contributed by atoms with van der Waals surface area (Å²) in [5, 5.41) is 10.2. The first-order chi connectivity index (χ1) is 3.63. The molecule has 0 aromatic heterocycles. The fraction of sp³-hybridized carbons (Fsp3) is 1.00. The maximum Gasteiger partial charge on any atom is 0.138 e. The molecule has 1 aliphatic heterocycles. The van der Waals surface area contributed by atoms with E-state index in [0.717, 1.165) is 0 Å². The third-order valence-corrected chi connectivity index (χ3v) is 1.38. The molecule has 3 heteroatoms. The number of nitrogens with zero attached hydrogens (tertiary/aromatic N) is 1. The molecule has 0 unspecified atom stereocenters. The van der Waals surface area contributed by atoms with Crippen molar-refractivity contribution < 1.29 is 9.94 Å². The molecule has 3 nitrogen and oxygen atoms in total. The van der Waals surface area contributed by atoms with E-state index >= 15 is 0 Å². The van der Waals surface area contributed by atoms with Gasteiger partial charge in [-0.1, -0.05) is 0 Å². The number of hydrogen-bond donors (Lipinski definition) is 1. The van der Waals surface area contributed by atoms with Crippen LogP contribution in [0.3, 0.4) is 0 Å². The van der Waals surface area contributed by atoms with E-state index in [2.05, 4.69) is 0 Å². The van der Waals surface area contributed by atoms with E-state index in [0.29, 0.717) is 13.2 Å². The highest BCUT2D eigenvalue weighted by Crippen LogP contribution is 2.18. The van der Waals surface area contributed by atoms with Crippen molar-refractivity contribution in [1.82, 2.24) is 5.06 Å². The van der Waals surface area contributed by atoms with Crippen molar-refractivity contribution in [3.8, 4) is 0 Å². The van der Waals surface area contributed by atoms with Crippen molar-refractivity contribution >= 4 is 0 Å². The average molecular weight is 117 g/mol. The van der Waals surface area contributed by atoms with E-state index in [1.807, 2.05) is 13.8 Å². The van der Waals surface area contributed by atoms with Crippen molar-refractivity contribution in [3.05, 3.63) is 0 Å². The van der Waals surface area contributed by atoms with Crippen LogP contribution in [-0.4, -0.2) is 29.1 Å². The Hall–Kier alpha value is -0.120. The highest BCUT2D eigenvalue weighted by molar-refractivity contribution is 4.69. The van der Waals surface area contributed by atoms with E-state index in [-0.39, 0.29) is 0 Å². The van der Waals surface area contributed by atoms with Gasteiger partial charge in [0.25, 0.3) is 0 Å². The molecule has 1 rings (SSSR count). The summed E-state index contributed by atoms with van der Waals surface area (Å²) in [6.07, 6.45) is 0. The van der Waals surface area contributed by atoms with Crippen LogP contribution in [-0.2, 0) is 4.74 Å². The maximum atomic E-state index is 8.97. The summed E-state index contributed by atoms with van der Waals surface area (Å²) in [7, 11) is 0. The minimum atomic E-state index is -0.458. The number of ether oxygens (including phenoxy) is 1. The zero-order valence-corrected chi connectivity index (χ0v) is 5.22. The lowest BCUT2D eigenvalue weighted by atomic mass is 10.3. The minimum absolute atomic E-state index is 0.458. The second kappa shape index (κ2) is 1.69. The van der Waals surface area contributed by atoms with Gasteiger partial charge in [-0.2, -0.15) is 5.06 Å². The van der Waals surface area contributed by atoms with Crippen LogP contribution < -0.4 is 0 Å². The van der Waals surface area contributed by atoms with Crippen LogP contribution in [0.4, 0.5) is 0 Å². The SMILES string of the molecule is CC1(C)OCCN1O. The van der Waals surface area contributed by atoms with E-state index in [9.17, 15) is 0 Å². The monoisotopic (exact) mass is 117 g/mol. The lowest BCUT2D eigenvalue weighted by Crippen LogP contribution is -2.36. The zero-order chi connectivity index (χ0) is 6.20. The van der Waals surface area contributed by atoms with Gasteiger partial charge in [0.05, 0.1) is 13.2 Å². The predicted octanol–water partition coefficient (Wildman–Crippen LogP) is 0.444. The molecular formula is C5H11NO2. The largest absolute Gasteiger partial charge is 0.357 e. The van der Waals surface area contributed by atoms with Gasteiger partial charge in [0.2, 0.25) is 0 Å². The second-order valence-electron chi connectivity index (χ2n) is 2.42. The van der Waals surface area contributed by atoms with Gasteiger partial charge in [0.1, 0.15) is 5.72 Å². The number of hydrogen-bond acceptors (Lipinski definition) is 3. The van der Waals surface area contributed by atoms with E-state index in [4.69, 9.17) is 9.94 Å². The smallest absolute Gasteiger partial charge is 0.138 e. The molecule has 0 saturated carbocycles. The third kappa shape index (κ3) is 0.844. The minimum Gasteiger partial charge on any atom is -0.357 e. The zero-order valence-electron chi connectivity index (χ0n) is 5.22. The summed E-state index contributed by atoms with van der Waals surface area (Å²) in [5.41, 5.74) is -0.458. The van der Waals surface area contributed by atoms with Crippen LogP contribution >= 0.6 is 0 Å². The number of hydroxylamine groups is 2. The summed E-state index contributed by atoms with van der Waals surface area (Å²) in [6, 6.07) is 0. The Morgan fingerprint density at radius 1 is 1.62 bits per heavy atom. The molecule has 0 bridgehead atoms. The van der Waals surface area contributed by atoms with Gasteiger partial charge in [-0.25, -0.2) is 0 Å². The quantitative estimate of drug-likeness (QED) is 0.500. The first-order valence-electron chi connectivity index (χ1n) is 2.73. The Morgan fingerprint density at radius 3 is 2.38 bits per heavy atom. The normalized spacial score (nSPS) is 28.9. The molecule has 8 heavy (non-hydrogen) atoms. The summed E-state index contributed by atoms with van der Waals surface area (Å²) >= 11 is 0. The highest BCUT2D eigenvalue weighted by atomic mass is 16.6. The fourth-order valence-corrected chi connectivity index (χ4v) is 0.726. The fourth-order valence-electron chi connectivity index (χ4n) is 0.726. The van der Waals surface area contributed by atoms with Crippen molar-refractivity contribution in [2.45, 2.75) is 19.6 Å². The summed E-state index contributed by atoms with van der Waals surface area (Å²) in [4.78, 5) is 0. The molecule has 1 fully saturated rings. The molecule has 0 aliphatic carbocycles. The van der Waals surface area contributed by atoms with Crippen molar-refractivity contribution in [3.63, 3.8) is 0 Å². The maximum absolute atomic E-state index is 8.97. The van der Waals surface area contributed by atoms with Gasteiger partial charge in [-0.05, 0) is 13.8 Å². The lowest BCUT2D eigenvalue weighted by Gasteiger charge is -2.22. The Kier molecular flexibility index (Phi) is 1.27. The first kappa shape index (κ1) is 6.01. The van der Waals surface area contributed by atoms with Crippen LogP contribution in [0.1, 0.15) is 13.8 Å². The van der Waals surface area contributed by atoms with Crippen molar-refractivity contribution in [2.24, 2.45) is 0 Å². The first-order valence-corrected chi connectivity index (χ1v) is 2.73. The molecule has 1 N–H and O–H groups in total. The van der Waals surface area contributed by atoms with E-state index in [1.165, 1.54) is 5.06 Å². The molecule has 1 saturated heterocycles. The van der Waals surface area contributed by atoms with Crippen molar-refractivity contribution in [1.29, 1.82) is 0 Å². The molecule has 0 radical (unpaired) electrons. The molecule has 1 heterocycles. The molecule has 48 valence electrons. The Labute approximate surface area is 48.8 Å². The van der Waals surface area contributed by atoms with Crippen LogP contribution in [0.25, 0.3) is 0 Å². The topological polar surface area (TPSA) is 32.7 Å². The Balaban J connectivity index is 2.54. The molecule has 0 aromatic rings. The third-order valence-electron chi connectivity index (χ3n) is 1.38. The molecule has 0 aromatic carbocycles. The number of rotatable bonds is 0. The van der Waals surface area contributed by atoms with Crippen molar-refractivity contribution in [2.75, 3.05) is 13.2 Å². The molecule has 1 aliphatic rings. The average Bonchev–Trinajstić information content (AvgIpc) is 1.86. The summed E-state index contributed by atoms with van der Waals surface area (Å²) in [6.45, 7) is 4.91. The standard InChI is InChI=1S/C5H11NO2/c1-5(2)6(7)3-4-8-5/h7H,3-4H2,1-2H3.